The van der Waals surface area contributed by atoms with E-state index in [9.17, 15) is 0 Å². The van der Waals surface area contributed by atoms with Gasteiger partial charge in [0.15, 0.2) is 0 Å². The van der Waals surface area contributed by atoms with Gasteiger partial charge in [-0.1, -0.05) is 6.07 Å². The first kappa shape index (κ1) is 14.8. The van der Waals surface area contributed by atoms with Gasteiger partial charge in [0, 0.05) is 18.6 Å². The summed E-state index contributed by atoms with van der Waals surface area (Å²) in [5.41, 5.74) is 1.66. The average molecular weight is 327 g/mol. The predicted molar refractivity (Wildman–Crippen MR) is 82.7 cm³/mol. The van der Waals surface area contributed by atoms with Crippen LogP contribution in [0.3, 0.4) is 0 Å². The minimum Gasteiger partial charge on any atom is -0.496 e. The van der Waals surface area contributed by atoms with E-state index >= 15 is 0 Å². The highest BCUT2D eigenvalue weighted by Gasteiger charge is 2.38. The number of halogens is 1. The van der Waals surface area contributed by atoms with Gasteiger partial charge < -0.3 is 15.0 Å². The third-order valence-corrected chi connectivity index (χ3v) is 4.85. The second-order valence-electron chi connectivity index (χ2n) is 5.54. The summed E-state index contributed by atoms with van der Waals surface area (Å²) in [4.78, 5) is 2.37. The van der Waals surface area contributed by atoms with E-state index < -0.39 is 0 Å². The molecule has 2 rings (SSSR count). The van der Waals surface area contributed by atoms with Crippen LogP contribution in [0.25, 0.3) is 0 Å². The van der Waals surface area contributed by atoms with Gasteiger partial charge in [-0.05, 0) is 67.0 Å². The molecule has 19 heavy (non-hydrogen) atoms. The number of ether oxygens (including phenoxy) is 1. The highest BCUT2D eigenvalue weighted by Crippen LogP contribution is 2.35. The van der Waals surface area contributed by atoms with E-state index in [2.05, 4.69) is 52.4 Å². The molecule has 1 aliphatic carbocycles. The topological polar surface area (TPSA) is 24.5 Å². The van der Waals surface area contributed by atoms with E-state index in [-0.39, 0.29) is 0 Å². The van der Waals surface area contributed by atoms with E-state index in [1.54, 1.807) is 7.11 Å². The smallest absolute Gasteiger partial charge is 0.133 e. The van der Waals surface area contributed by atoms with Crippen LogP contribution < -0.4 is 10.1 Å². The first-order valence-electron chi connectivity index (χ1n) is 6.78. The Morgan fingerprint density at radius 3 is 2.58 bits per heavy atom. The highest BCUT2D eigenvalue weighted by molar-refractivity contribution is 9.10. The molecule has 1 aliphatic rings. The van der Waals surface area contributed by atoms with Crippen molar-refractivity contribution in [3.05, 3.63) is 28.2 Å². The third-order valence-electron chi connectivity index (χ3n) is 4.23. The standard InChI is InChI=1S/C15H23BrN2O/c1-18(2)15(7-4-8-15)11-17-10-12-5-6-14(19-3)13(16)9-12/h5-6,9,17H,4,7-8,10-11H2,1-3H3. The molecule has 0 radical (unpaired) electrons. The van der Waals surface area contributed by atoms with E-state index in [1.165, 1.54) is 24.8 Å². The maximum absolute atomic E-state index is 5.24. The molecule has 1 aromatic carbocycles. The van der Waals surface area contributed by atoms with Gasteiger partial charge in [0.25, 0.3) is 0 Å². The van der Waals surface area contributed by atoms with Crippen LogP contribution in [0.1, 0.15) is 24.8 Å². The average Bonchev–Trinajstić information content (AvgIpc) is 2.32. The van der Waals surface area contributed by atoms with Crippen molar-refractivity contribution < 1.29 is 4.74 Å². The molecular formula is C15H23BrN2O. The Kier molecular flexibility index (Phi) is 4.87. The number of hydrogen-bond donors (Lipinski definition) is 1. The molecule has 106 valence electrons. The molecule has 3 nitrogen and oxygen atoms in total. The SMILES string of the molecule is COc1ccc(CNCC2(N(C)C)CCC2)cc1Br. The fourth-order valence-corrected chi connectivity index (χ4v) is 3.21. The van der Waals surface area contributed by atoms with E-state index in [0.29, 0.717) is 5.54 Å². The number of nitrogens with one attached hydrogen (secondary N) is 1. The van der Waals surface area contributed by atoms with Crippen molar-refractivity contribution in [2.45, 2.75) is 31.3 Å². The Labute approximate surface area is 124 Å². The van der Waals surface area contributed by atoms with Gasteiger partial charge in [-0.3, -0.25) is 0 Å². The lowest BCUT2D eigenvalue weighted by Gasteiger charge is -2.47. The lowest BCUT2D eigenvalue weighted by atomic mass is 9.75. The van der Waals surface area contributed by atoms with Crippen molar-refractivity contribution in [2.24, 2.45) is 0 Å². The number of methoxy groups -OCH3 is 1. The van der Waals surface area contributed by atoms with Crippen LogP contribution in [-0.4, -0.2) is 38.2 Å². The van der Waals surface area contributed by atoms with Gasteiger partial charge in [0.2, 0.25) is 0 Å². The zero-order valence-corrected chi connectivity index (χ0v) is 13.6. The molecule has 1 saturated carbocycles. The molecule has 1 aromatic rings. The first-order chi connectivity index (χ1) is 9.07. The van der Waals surface area contributed by atoms with Gasteiger partial charge in [-0.2, -0.15) is 0 Å². The molecule has 0 unspecified atom stereocenters. The Balaban J connectivity index is 1.87. The summed E-state index contributed by atoms with van der Waals surface area (Å²) in [6, 6.07) is 6.24. The Bertz CT molecular complexity index is 430. The summed E-state index contributed by atoms with van der Waals surface area (Å²) in [5.74, 6) is 0.882. The van der Waals surface area contributed by atoms with Crippen LogP contribution in [0.15, 0.2) is 22.7 Å². The molecule has 0 amide bonds. The van der Waals surface area contributed by atoms with Crippen LogP contribution >= 0.6 is 15.9 Å². The molecular weight excluding hydrogens is 304 g/mol. The molecule has 1 N–H and O–H groups in total. The van der Waals surface area contributed by atoms with E-state index in [0.717, 1.165) is 23.3 Å². The van der Waals surface area contributed by atoms with Gasteiger partial charge >= 0.3 is 0 Å². The van der Waals surface area contributed by atoms with Crippen molar-refractivity contribution >= 4 is 15.9 Å². The number of nitrogens with zero attached hydrogens (tertiary/aromatic N) is 1. The summed E-state index contributed by atoms with van der Waals surface area (Å²) in [6.45, 7) is 1.96. The number of likely N-dealkylation sites (N-methyl/N-ethyl adjacent to an activating group) is 1. The summed E-state index contributed by atoms with van der Waals surface area (Å²) in [7, 11) is 6.06. The summed E-state index contributed by atoms with van der Waals surface area (Å²) >= 11 is 3.53. The molecule has 0 aliphatic heterocycles. The van der Waals surface area contributed by atoms with Gasteiger partial charge in [-0.15, -0.1) is 0 Å². The van der Waals surface area contributed by atoms with E-state index in [4.69, 9.17) is 4.74 Å². The normalized spacial score (nSPS) is 17.3. The van der Waals surface area contributed by atoms with Crippen LogP contribution in [-0.2, 0) is 6.54 Å². The van der Waals surface area contributed by atoms with Gasteiger partial charge in [0.1, 0.15) is 5.75 Å². The molecule has 1 fully saturated rings. The molecule has 0 atom stereocenters. The highest BCUT2D eigenvalue weighted by atomic mass is 79.9. The van der Waals surface area contributed by atoms with Crippen LogP contribution in [0, 0.1) is 0 Å². The fraction of sp³-hybridized carbons (Fsp3) is 0.600. The molecule has 0 bridgehead atoms. The van der Waals surface area contributed by atoms with Gasteiger partial charge in [0.05, 0.1) is 11.6 Å². The van der Waals surface area contributed by atoms with Crippen molar-refractivity contribution in [3.8, 4) is 5.75 Å². The van der Waals surface area contributed by atoms with Crippen molar-refractivity contribution in [2.75, 3.05) is 27.7 Å². The minimum absolute atomic E-state index is 0.379. The van der Waals surface area contributed by atoms with E-state index in [1.807, 2.05) is 6.07 Å². The fourth-order valence-electron chi connectivity index (χ4n) is 2.63. The van der Waals surface area contributed by atoms with Gasteiger partial charge in [-0.25, -0.2) is 0 Å². The summed E-state index contributed by atoms with van der Waals surface area (Å²) in [6.07, 6.45) is 3.96. The summed E-state index contributed by atoms with van der Waals surface area (Å²) in [5, 5.41) is 3.59. The second kappa shape index (κ2) is 6.25. The monoisotopic (exact) mass is 326 g/mol. The maximum atomic E-state index is 5.24. The van der Waals surface area contributed by atoms with Crippen molar-refractivity contribution in [3.63, 3.8) is 0 Å². The van der Waals surface area contributed by atoms with Crippen LogP contribution in [0.2, 0.25) is 0 Å². The number of hydrogen-bond acceptors (Lipinski definition) is 3. The Morgan fingerprint density at radius 1 is 1.37 bits per heavy atom. The van der Waals surface area contributed by atoms with Crippen LogP contribution in [0.5, 0.6) is 5.75 Å². The second-order valence-corrected chi connectivity index (χ2v) is 6.40. The Morgan fingerprint density at radius 2 is 2.11 bits per heavy atom. The van der Waals surface area contributed by atoms with Crippen LogP contribution in [0.4, 0.5) is 0 Å². The quantitative estimate of drug-likeness (QED) is 0.869. The zero-order chi connectivity index (χ0) is 13.9. The zero-order valence-electron chi connectivity index (χ0n) is 12.0. The van der Waals surface area contributed by atoms with Crippen molar-refractivity contribution in [1.82, 2.24) is 10.2 Å². The largest absolute Gasteiger partial charge is 0.496 e. The lowest BCUT2D eigenvalue weighted by Crippen LogP contribution is -2.56. The molecule has 0 saturated heterocycles. The Hall–Kier alpha value is -0.580. The first-order valence-corrected chi connectivity index (χ1v) is 7.57. The molecule has 4 heteroatoms. The molecule has 0 aromatic heterocycles. The van der Waals surface area contributed by atoms with Crippen molar-refractivity contribution in [1.29, 1.82) is 0 Å². The predicted octanol–water partition coefficient (Wildman–Crippen LogP) is 3.03. The number of benzene rings is 1. The molecule has 0 heterocycles. The maximum Gasteiger partial charge on any atom is 0.133 e. The minimum atomic E-state index is 0.379. The summed E-state index contributed by atoms with van der Waals surface area (Å²) < 4.78 is 6.26. The molecule has 0 spiro atoms. The number of rotatable bonds is 6. The third kappa shape index (κ3) is 3.30. The lowest BCUT2D eigenvalue weighted by molar-refractivity contribution is 0.0598.